The normalized spacial score (nSPS) is 19.9. The fourth-order valence-corrected chi connectivity index (χ4v) is 3.79. The fourth-order valence-electron chi connectivity index (χ4n) is 2.96. The maximum atomic E-state index is 12.4. The minimum atomic E-state index is -0.0480. The van der Waals surface area contributed by atoms with Gasteiger partial charge in [0.25, 0.3) is 11.8 Å². The summed E-state index contributed by atoms with van der Waals surface area (Å²) in [5.41, 5.74) is 0.984. The van der Waals surface area contributed by atoms with Crippen LogP contribution in [-0.4, -0.2) is 33.0 Å². The van der Waals surface area contributed by atoms with Crippen LogP contribution < -0.4 is 10.1 Å². The van der Waals surface area contributed by atoms with Crippen LogP contribution >= 0.6 is 11.3 Å². The van der Waals surface area contributed by atoms with Crippen molar-refractivity contribution in [3.8, 4) is 11.9 Å². The molecule has 1 aliphatic carbocycles. The van der Waals surface area contributed by atoms with Crippen LogP contribution in [0, 0.1) is 25.2 Å². The van der Waals surface area contributed by atoms with E-state index in [0.29, 0.717) is 4.88 Å². The molecule has 2 aromatic heterocycles. The summed E-state index contributed by atoms with van der Waals surface area (Å²) in [4.78, 5) is 25.4. The first kappa shape index (κ1) is 17.3. The molecule has 0 spiro atoms. The molecule has 8 heteroatoms. The molecule has 1 aliphatic rings. The number of nitrogens with zero attached hydrogens (tertiary/aromatic N) is 4. The van der Waals surface area contributed by atoms with Crippen molar-refractivity contribution >= 4 is 17.2 Å². The van der Waals surface area contributed by atoms with Gasteiger partial charge in [-0.3, -0.25) is 4.79 Å². The number of amides is 1. The molecule has 3 rings (SSSR count). The SMILES string of the molecule is Cc1nc(C)c(C(=O)NC2CCC(Oc3nccnc3C#N)CC2)s1. The Morgan fingerprint density at radius 3 is 2.64 bits per heavy atom. The molecule has 0 saturated heterocycles. The molecule has 0 unspecified atom stereocenters. The van der Waals surface area contributed by atoms with Gasteiger partial charge in [0.05, 0.1) is 10.7 Å². The summed E-state index contributed by atoms with van der Waals surface area (Å²) in [6, 6.07) is 2.12. The molecular formula is C17H19N5O2S. The van der Waals surface area contributed by atoms with Crippen LogP contribution in [0.3, 0.4) is 0 Å². The first-order chi connectivity index (χ1) is 12.1. The van der Waals surface area contributed by atoms with E-state index in [1.807, 2.05) is 19.9 Å². The zero-order valence-electron chi connectivity index (χ0n) is 14.2. The number of aryl methyl sites for hydroxylation is 2. The van der Waals surface area contributed by atoms with Crippen molar-refractivity contribution in [2.45, 2.75) is 51.7 Å². The Morgan fingerprint density at radius 1 is 1.28 bits per heavy atom. The maximum Gasteiger partial charge on any atom is 0.263 e. The second kappa shape index (κ2) is 7.57. The Kier molecular flexibility index (Phi) is 5.24. The summed E-state index contributed by atoms with van der Waals surface area (Å²) >= 11 is 1.42. The minimum Gasteiger partial charge on any atom is -0.472 e. The first-order valence-corrected chi connectivity index (χ1v) is 9.01. The third-order valence-electron chi connectivity index (χ3n) is 4.17. The number of carbonyl (C=O) groups excluding carboxylic acids is 1. The average Bonchev–Trinajstić information content (AvgIpc) is 2.95. The third kappa shape index (κ3) is 4.12. The number of ether oxygens (including phenoxy) is 1. The fraction of sp³-hybridized carbons (Fsp3) is 0.471. The van der Waals surface area contributed by atoms with Gasteiger partial charge in [0, 0.05) is 18.4 Å². The summed E-state index contributed by atoms with van der Waals surface area (Å²) in [7, 11) is 0. The lowest BCUT2D eigenvalue weighted by Gasteiger charge is -2.29. The molecule has 1 fully saturated rings. The molecule has 0 bridgehead atoms. The number of carbonyl (C=O) groups is 1. The second-order valence-corrected chi connectivity index (χ2v) is 7.24. The largest absolute Gasteiger partial charge is 0.472 e. The van der Waals surface area contributed by atoms with Crippen LogP contribution in [-0.2, 0) is 0 Å². The predicted octanol–water partition coefficient (Wildman–Crippen LogP) is 2.54. The Hall–Kier alpha value is -2.53. The van der Waals surface area contributed by atoms with E-state index in [-0.39, 0.29) is 29.6 Å². The zero-order chi connectivity index (χ0) is 17.8. The Morgan fingerprint density at radius 2 is 2.00 bits per heavy atom. The second-order valence-electron chi connectivity index (χ2n) is 6.03. The van der Waals surface area contributed by atoms with E-state index < -0.39 is 0 Å². The Balaban J connectivity index is 1.53. The summed E-state index contributed by atoms with van der Waals surface area (Å²) < 4.78 is 5.82. The lowest BCUT2D eigenvalue weighted by Crippen LogP contribution is -2.39. The van der Waals surface area contributed by atoms with Crippen LogP contribution in [0.1, 0.15) is 51.8 Å². The van der Waals surface area contributed by atoms with E-state index in [4.69, 9.17) is 10.00 Å². The van der Waals surface area contributed by atoms with Crippen LogP contribution in [0.2, 0.25) is 0 Å². The zero-order valence-corrected chi connectivity index (χ0v) is 15.0. The van der Waals surface area contributed by atoms with Crippen LogP contribution in [0.4, 0.5) is 0 Å². The number of thiazole rings is 1. The Labute approximate surface area is 150 Å². The minimum absolute atomic E-state index is 0.00987. The van der Waals surface area contributed by atoms with Gasteiger partial charge in [0.15, 0.2) is 0 Å². The lowest BCUT2D eigenvalue weighted by atomic mass is 9.93. The number of aromatic nitrogens is 3. The molecule has 2 aromatic rings. The molecule has 7 nitrogen and oxygen atoms in total. The van der Waals surface area contributed by atoms with E-state index in [1.54, 1.807) is 0 Å². The van der Waals surface area contributed by atoms with E-state index in [9.17, 15) is 4.79 Å². The molecule has 25 heavy (non-hydrogen) atoms. The molecule has 2 heterocycles. The number of nitrogens with one attached hydrogen (secondary N) is 1. The molecule has 0 aliphatic heterocycles. The van der Waals surface area contributed by atoms with Gasteiger partial charge in [-0.25, -0.2) is 15.0 Å². The van der Waals surface area contributed by atoms with Crippen molar-refractivity contribution in [3.05, 3.63) is 33.7 Å². The highest BCUT2D eigenvalue weighted by Crippen LogP contribution is 2.25. The van der Waals surface area contributed by atoms with Gasteiger partial charge < -0.3 is 10.1 Å². The predicted molar refractivity (Wildman–Crippen MR) is 92.5 cm³/mol. The summed E-state index contributed by atoms with van der Waals surface area (Å²) in [6.45, 7) is 3.76. The van der Waals surface area contributed by atoms with Crippen molar-refractivity contribution < 1.29 is 9.53 Å². The van der Waals surface area contributed by atoms with Gasteiger partial charge in [-0.1, -0.05) is 0 Å². The number of nitriles is 1. The molecule has 0 atom stereocenters. The molecule has 0 aromatic carbocycles. The van der Waals surface area contributed by atoms with Crippen LogP contribution in [0.15, 0.2) is 12.4 Å². The molecule has 0 radical (unpaired) electrons. The van der Waals surface area contributed by atoms with E-state index >= 15 is 0 Å². The third-order valence-corrected chi connectivity index (χ3v) is 5.24. The van der Waals surface area contributed by atoms with E-state index in [1.165, 1.54) is 23.7 Å². The highest BCUT2D eigenvalue weighted by molar-refractivity contribution is 7.13. The highest BCUT2D eigenvalue weighted by Gasteiger charge is 2.26. The van der Waals surface area contributed by atoms with Crippen LogP contribution in [0.5, 0.6) is 5.88 Å². The van der Waals surface area contributed by atoms with Crippen molar-refractivity contribution in [3.63, 3.8) is 0 Å². The topological polar surface area (TPSA) is 101 Å². The molecule has 1 amide bonds. The number of rotatable bonds is 4. The quantitative estimate of drug-likeness (QED) is 0.902. The van der Waals surface area contributed by atoms with Gasteiger partial charge in [0.2, 0.25) is 5.69 Å². The monoisotopic (exact) mass is 357 g/mol. The summed E-state index contributed by atoms with van der Waals surface area (Å²) in [6.07, 6.45) is 6.23. The standard InChI is InChI=1S/C17H19N5O2S/c1-10-15(25-11(2)21-10)16(23)22-12-3-5-13(6-4-12)24-17-14(9-18)19-7-8-20-17/h7-8,12-13H,3-6H2,1-2H3,(H,22,23). The van der Waals surface area contributed by atoms with Gasteiger partial charge in [-0.2, -0.15) is 5.26 Å². The maximum absolute atomic E-state index is 12.4. The van der Waals surface area contributed by atoms with E-state index in [0.717, 1.165) is 36.4 Å². The van der Waals surface area contributed by atoms with Crippen LogP contribution in [0.25, 0.3) is 0 Å². The summed E-state index contributed by atoms with van der Waals surface area (Å²) in [5.74, 6) is 0.237. The number of hydrogen-bond donors (Lipinski definition) is 1. The van der Waals surface area contributed by atoms with Crippen molar-refractivity contribution in [2.75, 3.05) is 0 Å². The summed E-state index contributed by atoms with van der Waals surface area (Å²) in [5, 5.41) is 13.0. The molecule has 130 valence electrons. The van der Waals surface area contributed by atoms with E-state index in [2.05, 4.69) is 20.3 Å². The van der Waals surface area contributed by atoms with Gasteiger partial charge in [-0.15, -0.1) is 11.3 Å². The molecule has 1 saturated carbocycles. The number of hydrogen-bond acceptors (Lipinski definition) is 7. The van der Waals surface area contributed by atoms with Gasteiger partial charge in [-0.05, 0) is 39.5 Å². The van der Waals surface area contributed by atoms with Crippen molar-refractivity contribution in [1.29, 1.82) is 5.26 Å². The molecular weight excluding hydrogens is 338 g/mol. The Bertz CT molecular complexity index is 806. The van der Waals surface area contributed by atoms with Gasteiger partial charge in [0.1, 0.15) is 17.1 Å². The lowest BCUT2D eigenvalue weighted by molar-refractivity contribution is 0.0892. The van der Waals surface area contributed by atoms with Crippen molar-refractivity contribution in [2.24, 2.45) is 0 Å². The smallest absolute Gasteiger partial charge is 0.263 e. The highest BCUT2D eigenvalue weighted by atomic mass is 32.1. The van der Waals surface area contributed by atoms with Crippen molar-refractivity contribution in [1.82, 2.24) is 20.3 Å². The van der Waals surface area contributed by atoms with Gasteiger partial charge >= 0.3 is 0 Å². The average molecular weight is 357 g/mol. The molecule has 1 N–H and O–H groups in total. The first-order valence-electron chi connectivity index (χ1n) is 8.19.